The lowest BCUT2D eigenvalue weighted by Crippen LogP contribution is -2.17. The molecule has 0 aromatic carbocycles. The van der Waals surface area contributed by atoms with E-state index in [0.29, 0.717) is 5.95 Å². The van der Waals surface area contributed by atoms with Gasteiger partial charge in [0.1, 0.15) is 0 Å². The van der Waals surface area contributed by atoms with E-state index in [1.54, 1.807) is 6.20 Å². The van der Waals surface area contributed by atoms with E-state index in [4.69, 9.17) is 5.73 Å². The van der Waals surface area contributed by atoms with E-state index >= 15 is 0 Å². The summed E-state index contributed by atoms with van der Waals surface area (Å²) < 4.78 is 2.03. The van der Waals surface area contributed by atoms with Gasteiger partial charge in [0.25, 0.3) is 0 Å². The monoisotopic (exact) mass is 180 g/mol. The zero-order chi connectivity index (χ0) is 9.26. The highest BCUT2D eigenvalue weighted by atomic mass is 15.2. The van der Waals surface area contributed by atoms with Crippen molar-refractivity contribution in [2.24, 2.45) is 5.92 Å². The fourth-order valence-electron chi connectivity index (χ4n) is 1.95. The Bertz CT molecular complexity index is 281. The molecule has 1 saturated heterocycles. The van der Waals surface area contributed by atoms with Crippen molar-refractivity contribution in [3.05, 3.63) is 12.4 Å². The molecule has 1 fully saturated rings. The molecule has 1 aliphatic heterocycles. The third kappa shape index (κ3) is 1.83. The van der Waals surface area contributed by atoms with Crippen LogP contribution in [0.2, 0.25) is 0 Å². The minimum absolute atomic E-state index is 0.634. The Hall–Kier alpha value is -1.03. The molecule has 72 valence electrons. The van der Waals surface area contributed by atoms with E-state index in [1.165, 1.54) is 19.5 Å². The molecule has 1 aromatic heterocycles. The summed E-state index contributed by atoms with van der Waals surface area (Å²) in [5, 5.41) is 0. The third-order valence-electron chi connectivity index (χ3n) is 2.69. The minimum Gasteiger partial charge on any atom is -0.369 e. The van der Waals surface area contributed by atoms with E-state index in [-0.39, 0.29) is 0 Å². The van der Waals surface area contributed by atoms with E-state index in [0.717, 1.165) is 12.5 Å². The SMILES string of the molecule is CN1CCC(Cn2ccnc2N)C1. The molecular formula is C9H16N4. The lowest BCUT2D eigenvalue weighted by Gasteiger charge is -2.11. The highest BCUT2D eigenvalue weighted by Crippen LogP contribution is 2.17. The summed E-state index contributed by atoms with van der Waals surface area (Å²) in [4.78, 5) is 6.36. The average molecular weight is 180 g/mol. The van der Waals surface area contributed by atoms with E-state index in [1.807, 2.05) is 10.8 Å². The van der Waals surface area contributed by atoms with Crippen molar-refractivity contribution >= 4 is 5.95 Å². The number of imidazole rings is 1. The fourth-order valence-corrected chi connectivity index (χ4v) is 1.95. The first-order valence-electron chi connectivity index (χ1n) is 4.71. The molecule has 0 spiro atoms. The van der Waals surface area contributed by atoms with Gasteiger partial charge in [-0.15, -0.1) is 0 Å². The molecule has 1 unspecified atom stereocenters. The quantitative estimate of drug-likeness (QED) is 0.717. The van der Waals surface area contributed by atoms with Gasteiger partial charge in [0.05, 0.1) is 0 Å². The summed E-state index contributed by atoms with van der Waals surface area (Å²) in [5.74, 6) is 1.37. The smallest absolute Gasteiger partial charge is 0.200 e. The molecule has 0 aliphatic carbocycles. The number of hydrogen-bond donors (Lipinski definition) is 1. The van der Waals surface area contributed by atoms with Gasteiger partial charge in [-0.2, -0.15) is 0 Å². The molecule has 2 heterocycles. The summed E-state index contributed by atoms with van der Waals surface area (Å²) in [6.45, 7) is 3.40. The molecule has 0 amide bonds. The Kier molecular flexibility index (Phi) is 2.22. The van der Waals surface area contributed by atoms with Gasteiger partial charge in [-0.05, 0) is 25.9 Å². The zero-order valence-electron chi connectivity index (χ0n) is 7.98. The molecule has 1 atom stereocenters. The van der Waals surface area contributed by atoms with Crippen molar-refractivity contribution in [3.8, 4) is 0 Å². The van der Waals surface area contributed by atoms with Gasteiger partial charge in [-0.25, -0.2) is 4.98 Å². The Labute approximate surface area is 78.4 Å². The molecule has 13 heavy (non-hydrogen) atoms. The van der Waals surface area contributed by atoms with Crippen LogP contribution in [-0.4, -0.2) is 34.6 Å². The second-order valence-corrected chi connectivity index (χ2v) is 3.85. The molecular weight excluding hydrogens is 164 g/mol. The van der Waals surface area contributed by atoms with E-state index < -0.39 is 0 Å². The predicted octanol–water partition coefficient (Wildman–Crippen LogP) is 0.417. The molecule has 0 saturated carbocycles. The summed E-state index contributed by atoms with van der Waals surface area (Å²) in [5.41, 5.74) is 5.69. The summed E-state index contributed by atoms with van der Waals surface area (Å²) in [6.07, 6.45) is 4.98. The van der Waals surface area contributed by atoms with Gasteiger partial charge >= 0.3 is 0 Å². The van der Waals surface area contributed by atoms with Crippen LogP contribution in [0.4, 0.5) is 5.95 Å². The van der Waals surface area contributed by atoms with Crippen molar-refractivity contribution in [1.82, 2.24) is 14.5 Å². The van der Waals surface area contributed by atoms with Crippen molar-refractivity contribution < 1.29 is 0 Å². The molecule has 2 N–H and O–H groups in total. The Morgan fingerprint density at radius 1 is 1.69 bits per heavy atom. The minimum atomic E-state index is 0.634. The van der Waals surface area contributed by atoms with Crippen LogP contribution in [0.25, 0.3) is 0 Å². The number of nitrogens with two attached hydrogens (primary N) is 1. The van der Waals surface area contributed by atoms with Crippen molar-refractivity contribution in [1.29, 1.82) is 0 Å². The van der Waals surface area contributed by atoms with E-state index in [2.05, 4.69) is 16.9 Å². The highest BCUT2D eigenvalue weighted by Gasteiger charge is 2.19. The fraction of sp³-hybridized carbons (Fsp3) is 0.667. The van der Waals surface area contributed by atoms with Gasteiger partial charge in [0, 0.05) is 25.5 Å². The number of nitrogen functional groups attached to an aromatic ring is 1. The molecule has 4 heteroatoms. The van der Waals surface area contributed by atoms with Gasteiger partial charge in [-0.3, -0.25) is 0 Å². The normalized spacial score (nSPS) is 23.9. The maximum atomic E-state index is 5.69. The average Bonchev–Trinajstić information content (AvgIpc) is 2.64. The lowest BCUT2D eigenvalue weighted by molar-refractivity contribution is 0.379. The van der Waals surface area contributed by atoms with Crippen LogP contribution >= 0.6 is 0 Å². The largest absolute Gasteiger partial charge is 0.369 e. The number of anilines is 1. The first kappa shape index (κ1) is 8.56. The van der Waals surface area contributed by atoms with Crippen LogP contribution in [0.1, 0.15) is 6.42 Å². The number of rotatable bonds is 2. The van der Waals surface area contributed by atoms with Crippen LogP contribution in [0.5, 0.6) is 0 Å². The number of hydrogen-bond acceptors (Lipinski definition) is 3. The van der Waals surface area contributed by atoms with Gasteiger partial charge in [0.2, 0.25) is 0 Å². The summed E-state index contributed by atoms with van der Waals surface area (Å²) in [7, 11) is 2.16. The van der Waals surface area contributed by atoms with Crippen LogP contribution in [0.15, 0.2) is 12.4 Å². The predicted molar refractivity (Wildman–Crippen MR) is 52.2 cm³/mol. The Morgan fingerprint density at radius 3 is 3.08 bits per heavy atom. The maximum Gasteiger partial charge on any atom is 0.200 e. The topological polar surface area (TPSA) is 47.1 Å². The van der Waals surface area contributed by atoms with Crippen LogP contribution in [0.3, 0.4) is 0 Å². The summed E-state index contributed by atoms with van der Waals surface area (Å²) >= 11 is 0. The summed E-state index contributed by atoms with van der Waals surface area (Å²) in [6, 6.07) is 0. The first-order chi connectivity index (χ1) is 6.25. The van der Waals surface area contributed by atoms with Crippen LogP contribution in [-0.2, 0) is 6.54 Å². The van der Waals surface area contributed by atoms with Gasteiger partial charge in [-0.1, -0.05) is 0 Å². The molecule has 1 aromatic rings. The Morgan fingerprint density at radius 2 is 2.54 bits per heavy atom. The maximum absolute atomic E-state index is 5.69. The van der Waals surface area contributed by atoms with Crippen molar-refractivity contribution in [3.63, 3.8) is 0 Å². The number of aromatic nitrogens is 2. The molecule has 4 nitrogen and oxygen atoms in total. The van der Waals surface area contributed by atoms with Gasteiger partial charge in [0.15, 0.2) is 5.95 Å². The number of nitrogens with zero attached hydrogens (tertiary/aromatic N) is 3. The van der Waals surface area contributed by atoms with Gasteiger partial charge < -0.3 is 15.2 Å². The van der Waals surface area contributed by atoms with Crippen LogP contribution < -0.4 is 5.73 Å². The van der Waals surface area contributed by atoms with E-state index in [9.17, 15) is 0 Å². The van der Waals surface area contributed by atoms with Crippen molar-refractivity contribution in [2.75, 3.05) is 25.9 Å². The highest BCUT2D eigenvalue weighted by molar-refractivity contribution is 5.16. The molecule has 1 aliphatic rings. The number of likely N-dealkylation sites (tertiary alicyclic amines) is 1. The molecule has 0 radical (unpaired) electrons. The van der Waals surface area contributed by atoms with Crippen LogP contribution in [0, 0.1) is 5.92 Å². The lowest BCUT2D eigenvalue weighted by atomic mass is 10.1. The third-order valence-corrected chi connectivity index (χ3v) is 2.69. The van der Waals surface area contributed by atoms with Crippen molar-refractivity contribution in [2.45, 2.75) is 13.0 Å². The Balaban J connectivity index is 1.95. The second kappa shape index (κ2) is 3.38. The standard InChI is InChI=1S/C9H16N4/c1-12-4-2-8(6-12)7-13-5-3-11-9(13)10/h3,5,8H,2,4,6-7H2,1H3,(H2,10,11). The zero-order valence-corrected chi connectivity index (χ0v) is 7.98. The first-order valence-corrected chi connectivity index (χ1v) is 4.71. The molecule has 0 bridgehead atoms. The second-order valence-electron chi connectivity index (χ2n) is 3.85. The molecule has 2 rings (SSSR count).